The van der Waals surface area contributed by atoms with Crippen molar-refractivity contribution in [2.45, 2.75) is 27.3 Å². The van der Waals surface area contributed by atoms with Gasteiger partial charge < -0.3 is 10.1 Å². The lowest BCUT2D eigenvalue weighted by atomic mass is 10.1. The third-order valence-corrected chi connectivity index (χ3v) is 6.85. The van der Waals surface area contributed by atoms with Gasteiger partial charge in [-0.1, -0.05) is 24.3 Å². The number of hydrogen-bond donors (Lipinski definition) is 1. The van der Waals surface area contributed by atoms with Gasteiger partial charge in [0.25, 0.3) is 5.91 Å². The van der Waals surface area contributed by atoms with Crippen LogP contribution in [-0.4, -0.2) is 33.7 Å². The average molecular weight is 481 g/mol. The van der Waals surface area contributed by atoms with E-state index < -0.39 is 16.0 Å². The van der Waals surface area contributed by atoms with Crippen molar-refractivity contribution in [1.29, 1.82) is 0 Å². The van der Waals surface area contributed by atoms with Crippen LogP contribution in [0.1, 0.15) is 43.0 Å². The van der Waals surface area contributed by atoms with Crippen molar-refractivity contribution in [2.24, 2.45) is 0 Å². The van der Waals surface area contributed by atoms with Crippen molar-refractivity contribution in [3.63, 3.8) is 0 Å². The van der Waals surface area contributed by atoms with E-state index in [1.807, 2.05) is 26.0 Å². The highest BCUT2D eigenvalue weighted by atomic mass is 32.2. The van der Waals surface area contributed by atoms with Gasteiger partial charge in [0.15, 0.2) is 0 Å². The van der Waals surface area contributed by atoms with Crippen molar-refractivity contribution in [3.05, 3.63) is 94.0 Å². The summed E-state index contributed by atoms with van der Waals surface area (Å²) in [5.41, 5.74) is 5.32. The highest BCUT2D eigenvalue weighted by Gasteiger charge is 2.19. The van der Waals surface area contributed by atoms with Gasteiger partial charge in [0.05, 0.1) is 31.2 Å². The lowest BCUT2D eigenvalue weighted by Gasteiger charge is -2.23. The Balaban J connectivity index is 1.79. The number of sulfonamides is 1. The largest absolute Gasteiger partial charge is 0.465 e. The zero-order valence-corrected chi connectivity index (χ0v) is 20.7. The molecule has 7 nitrogen and oxygen atoms in total. The third-order valence-electron chi connectivity index (χ3n) is 5.71. The molecule has 0 radical (unpaired) electrons. The number of rotatable bonds is 7. The van der Waals surface area contributed by atoms with Gasteiger partial charge in [0.1, 0.15) is 0 Å². The Morgan fingerprint density at radius 3 is 2.21 bits per heavy atom. The fourth-order valence-electron chi connectivity index (χ4n) is 3.50. The van der Waals surface area contributed by atoms with Crippen LogP contribution in [0.2, 0.25) is 0 Å². The summed E-state index contributed by atoms with van der Waals surface area (Å²) in [6.45, 7) is 5.79. The summed E-state index contributed by atoms with van der Waals surface area (Å²) in [6.07, 6.45) is 1.18. The summed E-state index contributed by atoms with van der Waals surface area (Å²) in [4.78, 5) is 24.7. The number of esters is 1. The number of ether oxygens (including phenoxy) is 1. The summed E-state index contributed by atoms with van der Waals surface area (Å²) in [5.74, 6) is -0.817. The molecule has 0 aliphatic carbocycles. The maximum absolute atomic E-state index is 12.8. The van der Waals surface area contributed by atoms with Gasteiger partial charge in [-0.05, 0) is 79.4 Å². The smallest absolute Gasteiger partial charge is 0.338 e. The molecule has 0 saturated heterocycles. The zero-order chi connectivity index (χ0) is 25.0. The number of nitrogens with zero attached hydrogens (tertiary/aromatic N) is 1. The van der Waals surface area contributed by atoms with E-state index in [1.165, 1.54) is 17.7 Å². The molecule has 3 aromatic carbocycles. The first-order valence-electron chi connectivity index (χ1n) is 10.6. The Bertz CT molecular complexity index is 1330. The number of nitrogens with one attached hydrogen (secondary N) is 1. The number of methoxy groups -OCH3 is 1. The lowest BCUT2D eigenvalue weighted by molar-refractivity contribution is 0.0599. The first kappa shape index (κ1) is 25.0. The molecule has 0 fully saturated rings. The van der Waals surface area contributed by atoms with E-state index in [0.717, 1.165) is 16.7 Å². The monoisotopic (exact) mass is 480 g/mol. The van der Waals surface area contributed by atoms with Crippen molar-refractivity contribution in [2.75, 3.05) is 23.0 Å². The maximum Gasteiger partial charge on any atom is 0.338 e. The number of aryl methyl sites for hydroxylation is 2. The molecule has 0 aliphatic heterocycles. The van der Waals surface area contributed by atoms with Gasteiger partial charge in [-0.25, -0.2) is 13.2 Å². The SMILES string of the molecule is COC(=O)c1cccc(NC(=O)c2ccc(CN(c3ccc(C)c(C)c3)S(C)(=O)=O)cc2)c1C. The second-order valence-electron chi connectivity index (χ2n) is 8.16. The van der Waals surface area contributed by atoms with Crippen LogP contribution in [0.15, 0.2) is 60.7 Å². The molecule has 1 amide bonds. The van der Waals surface area contributed by atoms with Crippen LogP contribution in [0.25, 0.3) is 0 Å². The highest BCUT2D eigenvalue weighted by Crippen LogP contribution is 2.24. The molecule has 0 spiro atoms. The molecule has 0 saturated carbocycles. The predicted octanol–water partition coefficient (Wildman–Crippen LogP) is 4.62. The normalized spacial score (nSPS) is 11.1. The molecule has 0 unspecified atom stereocenters. The number of benzene rings is 3. The van der Waals surface area contributed by atoms with Crippen LogP contribution >= 0.6 is 0 Å². The molecule has 34 heavy (non-hydrogen) atoms. The lowest BCUT2D eigenvalue weighted by Crippen LogP contribution is -2.29. The Kier molecular flexibility index (Phi) is 7.41. The molecule has 0 heterocycles. The highest BCUT2D eigenvalue weighted by molar-refractivity contribution is 7.92. The van der Waals surface area contributed by atoms with Gasteiger partial charge in [-0.2, -0.15) is 0 Å². The predicted molar refractivity (Wildman–Crippen MR) is 134 cm³/mol. The van der Waals surface area contributed by atoms with Crippen LogP contribution < -0.4 is 9.62 Å². The fraction of sp³-hybridized carbons (Fsp3) is 0.231. The second kappa shape index (κ2) is 10.1. The molecule has 3 aromatic rings. The second-order valence-corrected chi connectivity index (χ2v) is 10.1. The molecule has 0 atom stereocenters. The van der Waals surface area contributed by atoms with Crippen LogP contribution in [0.3, 0.4) is 0 Å². The Hall–Kier alpha value is -3.65. The molecule has 0 aromatic heterocycles. The number of hydrogen-bond acceptors (Lipinski definition) is 5. The molecule has 1 N–H and O–H groups in total. The van der Waals surface area contributed by atoms with E-state index in [0.29, 0.717) is 28.1 Å². The fourth-order valence-corrected chi connectivity index (χ4v) is 4.38. The topological polar surface area (TPSA) is 92.8 Å². The van der Waals surface area contributed by atoms with E-state index in [9.17, 15) is 18.0 Å². The minimum Gasteiger partial charge on any atom is -0.465 e. The molecular weight excluding hydrogens is 452 g/mol. The van der Waals surface area contributed by atoms with Gasteiger partial charge in [0.2, 0.25) is 10.0 Å². The molecule has 3 rings (SSSR count). The van der Waals surface area contributed by atoms with Crippen LogP contribution in [-0.2, 0) is 21.3 Å². The van der Waals surface area contributed by atoms with Crippen molar-refractivity contribution >= 4 is 33.3 Å². The summed E-state index contributed by atoms with van der Waals surface area (Å²) in [6, 6.07) is 17.3. The number of anilines is 2. The van der Waals surface area contributed by atoms with Crippen molar-refractivity contribution in [1.82, 2.24) is 0 Å². The Labute approximate surface area is 200 Å². The van der Waals surface area contributed by atoms with Gasteiger partial charge in [-0.15, -0.1) is 0 Å². The van der Waals surface area contributed by atoms with E-state index >= 15 is 0 Å². The quantitative estimate of drug-likeness (QED) is 0.498. The Morgan fingerprint density at radius 1 is 0.941 bits per heavy atom. The molecule has 0 bridgehead atoms. The van der Waals surface area contributed by atoms with Crippen LogP contribution in [0.4, 0.5) is 11.4 Å². The van der Waals surface area contributed by atoms with Gasteiger partial charge in [0, 0.05) is 11.3 Å². The molecule has 0 aliphatic rings. The maximum atomic E-state index is 12.8. The summed E-state index contributed by atoms with van der Waals surface area (Å²) in [5, 5.41) is 2.81. The first-order chi connectivity index (χ1) is 16.0. The van der Waals surface area contributed by atoms with Crippen molar-refractivity contribution in [3.8, 4) is 0 Å². The number of carbonyl (C=O) groups excluding carboxylic acids is 2. The van der Waals surface area contributed by atoms with E-state index in [2.05, 4.69) is 5.32 Å². The van der Waals surface area contributed by atoms with E-state index in [-0.39, 0.29) is 12.5 Å². The minimum absolute atomic E-state index is 0.142. The van der Waals surface area contributed by atoms with E-state index in [4.69, 9.17) is 4.74 Å². The van der Waals surface area contributed by atoms with Gasteiger partial charge in [-0.3, -0.25) is 9.10 Å². The van der Waals surface area contributed by atoms with Gasteiger partial charge >= 0.3 is 5.97 Å². The van der Waals surface area contributed by atoms with Crippen molar-refractivity contribution < 1.29 is 22.7 Å². The Morgan fingerprint density at radius 2 is 1.62 bits per heavy atom. The molecular formula is C26H28N2O5S. The number of carbonyl (C=O) groups is 2. The number of amides is 1. The molecule has 8 heteroatoms. The summed E-state index contributed by atoms with van der Waals surface area (Å²) < 4.78 is 31.1. The van der Waals surface area contributed by atoms with Crippen LogP contribution in [0, 0.1) is 20.8 Å². The summed E-state index contributed by atoms with van der Waals surface area (Å²) in [7, 11) is -2.21. The molecule has 178 valence electrons. The third kappa shape index (κ3) is 5.63. The van der Waals surface area contributed by atoms with E-state index in [1.54, 1.807) is 55.5 Å². The minimum atomic E-state index is -3.51. The zero-order valence-electron chi connectivity index (χ0n) is 19.9. The average Bonchev–Trinajstić information content (AvgIpc) is 2.80. The first-order valence-corrected chi connectivity index (χ1v) is 12.5. The summed E-state index contributed by atoms with van der Waals surface area (Å²) >= 11 is 0. The standard InChI is InChI=1S/C26H28N2O5S/c1-17-9-14-22(15-18(17)2)28(34(5,31)32)16-20-10-12-21(13-11-20)25(29)27-24-8-6-7-23(19(24)3)26(30)33-4/h6-15H,16H2,1-5H3,(H,27,29). The van der Waals surface area contributed by atoms with Crippen LogP contribution in [0.5, 0.6) is 0 Å².